The van der Waals surface area contributed by atoms with Crippen LogP contribution in [0.3, 0.4) is 0 Å². The first kappa shape index (κ1) is 21.9. The molecule has 8 heteroatoms. The van der Waals surface area contributed by atoms with Crippen molar-refractivity contribution in [1.29, 1.82) is 0 Å². The lowest BCUT2D eigenvalue weighted by molar-refractivity contribution is -0.147. The van der Waals surface area contributed by atoms with Gasteiger partial charge in [-0.15, -0.1) is 0 Å². The van der Waals surface area contributed by atoms with Gasteiger partial charge in [0.1, 0.15) is 0 Å². The molecule has 2 aromatic carbocycles. The molecule has 0 fully saturated rings. The van der Waals surface area contributed by atoms with Crippen LogP contribution in [0.25, 0.3) is 0 Å². The van der Waals surface area contributed by atoms with Crippen molar-refractivity contribution < 1.29 is 23.8 Å². The molecular weight excluding hydrogens is 405 g/mol. The number of hydrogen-bond donors (Lipinski definition) is 1. The van der Waals surface area contributed by atoms with E-state index in [0.717, 1.165) is 0 Å². The van der Waals surface area contributed by atoms with Crippen molar-refractivity contribution in [2.45, 2.75) is 19.8 Å². The molecular formula is C20H21Cl2NO5. The van der Waals surface area contributed by atoms with Gasteiger partial charge in [-0.2, -0.15) is 0 Å². The zero-order valence-electron chi connectivity index (χ0n) is 15.4. The Balaban J connectivity index is 1.67. The van der Waals surface area contributed by atoms with Crippen LogP contribution in [0.1, 0.15) is 19.8 Å². The second-order valence-corrected chi connectivity index (χ2v) is 6.51. The van der Waals surface area contributed by atoms with Crippen molar-refractivity contribution >= 4 is 40.8 Å². The Morgan fingerprint density at radius 2 is 1.75 bits per heavy atom. The maximum absolute atomic E-state index is 11.9. The molecule has 0 atom stereocenters. The van der Waals surface area contributed by atoms with E-state index in [1.807, 2.05) is 25.1 Å². The van der Waals surface area contributed by atoms with E-state index >= 15 is 0 Å². The molecule has 2 rings (SSSR count). The van der Waals surface area contributed by atoms with Crippen LogP contribution in [0.2, 0.25) is 10.0 Å². The summed E-state index contributed by atoms with van der Waals surface area (Å²) in [6.07, 6.45) is 0.572. The first-order valence-electron chi connectivity index (χ1n) is 8.74. The van der Waals surface area contributed by atoms with Gasteiger partial charge in [-0.05, 0) is 43.7 Å². The zero-order valence-corrected chi connectivity index (χ0v) is 16.9. The second kappa shape index (κ2) is 11.4. The standard InChI is InChI=1S/C20H21Cl2NO5/c1-2-26-17-6-3-4-7-18(17)27-11-5-8-20(25)28-13-19(24)23-16-12-14(21)9-10-15(16)22/h3-4,6-7,9-10,12H,2,5,8,11,13H2,1H3,(H,23,24). The molecule has 0 radical (unpaired) electrons. The van der Waals surface area contributed by atoms with Gasteiger partial charge in [0.25, 0.3) is 5.91 Å². The van der Waals surface area contributed by atoms with Gasteiger partial charge in [-0.3, -0.25) is 9.59 Å². The summed E-state index contributed by atoms with van der Waals surface area (Å²) < 4.78 is 16.0. The van der Waals surface area contributed by atoms with Gasteiger partial charge in [0, 0.05) is 11.4 Å². The highest BCUT2D eigenvalue weighted by atomic mass is 35.5. The highest BCUT2D eigenvalue weighted by Gasteiger charge is 2.11. The summed E-state index contributed by atoms with van der Waals surface area (Å²) in [7, 11) is 0. The number of rotatable bonds is 10. The number of carbonyl (C=O) groups excluding carboxylic acids is 2. The third-order valence-corrected chi connectivity index (χ3v) is 4.06. The molecule has 2 aromatic rings. The van der Waals surface area contributed by atoms with Gasteiger partial charge < -0.3 is 19.5 Å². The fourth-order valence-electron chi connectivity index (χ4n) is 2.24. The third-order valence-electron chi connectivity index (χ3n) is 3.50. The van der Waals surface area contributed by atoms with Crippen LogP contribution in [0.5, 0.6) is 11.5 Å². The topological polar surface area (TPSA) is 73.9 Å². The number of carbonyl (C=O) groups is 2. The molecule has 0 aliphatic rings. The van der Waals surface area contributed by atoms with E-state index in [0.29, 0.717) is 46.9 Å². The number of halogens is 2. The Labute approximate surface area is 173 Å². The highest BCUT2D eigenvalue weighted by Crippen LogP contribution is 2.27. The normalized spacial score (nSPS) is 10.2. The summed E-state index contributed by atoms with van der Waals surface area (Å²) >= 11 is 11.8. The predicted octanol–water partition coefficient (Wildman–Crippen LogP) is 4.73. The molecule has 0 aromatic heterocycles. The molecule has 1 N–H and O–H groups in total. The summed E-state index contributed by atoms with van der Waals surface area (Å²) in [6, 6.07) is 12.0. The molecule has 0 aliphatic carbocycles. The van der Waals surface area contributed by atoms with E-state index < -0.39 is 18.5 Å². The van der Waals surface area contributed by atoms with Crippen molar-refractivity contribution in [3.05, 3.63) is 52.5 Å². The van der Waals surface area contributed by atoms with E-state index in [2.05, 4.69) is 5.32 Å². The van der Waals surface area contributed by atoms with Crippen LogP contribution in [-0.4, -0.2) is 31.7 Å². The van der Waals surface area contributed by atoms with E-state index in [1.54, 1.807) is 18.2 Å². The highest BCUT2D eigenvalue weighted by molar-refractivity contribution is 6.35. The SMILES string of the molecule is CCOc1ccccc1OCCCC(=O)OCC(=O)Nc1cc(Cl)ccc1Cl. The number of esters is 1. The van der Waals surface area contributed by atoms with Crippen LogP contribution in [0.15, 0.2) is 42.5 Å². The minimum absolute atomic E-state index is 0.127. The summed E-state index contributed by atoms with van der Waals surface area (Å²) in [5.74, 6) is 0.285. The second-order valence-electron chi connectivity index (χ2n) is 5.66. The largest absolute Gasteiger partial charge is 0.490 e. The van der Waals surface area contributed by atoms with Crippen LogP contribution in [0, 0.1) is 0 Å². The van der Waals surface area contributed by atoms with Crippen LogP contribution < -0.4 is 14.8 Å². The molecule has 0 heterocycles. The Bertz CT molecular complexity index is 813. The molecule has 150 valence electrons. The quantitative estimate of drug-likeness (QED) is 0.439. The van der Waals surface area contributed by atoms with Crippen molar-refractivity contribution in [2.24, 2.45) is 0 Å². The lowest BCUT2D eigenvalue weighted by Gasteiger charge is -2.11. The van der Waals surface area contributed by atoms with E-state index in [4.69, 9.17) is 37.4 Å². The number of benzene rings is 2. The molecule has 6 nitrogen and oxygen atoms in total. The Hall–Kier alpha value is -2.44. The lowest BCUT2D eigenvalue weighted by Crippen LogP contribution is -2.21. The Morgan fingerprint density at radius 1 is 1.04 bits per heavy atom. The predicted molar refractivity (Wildman–Crippen MR) is 108 cm³/mol. The molecule has 1 amide bonds. The molecule has 28 heavy (non-hydrogen) atoms. The zero-order chi connectivity index (χ0) is 20.4. The van der Waals surface area contributed by atoms with Crippen molar-refractivity contribution in [2.75, 3.05) is 25.1 Å². The Morgan fingerprint density at radius 3 is 2.46 bits per heavy atom. The summed E-state index contributed by atoms with van der Waals surface area (Å²) in [6.45, 7) is 2.34. The molecule has 0 spiro atoms. The summed E-state index contributed by atoms with van der Waals surface area (Å²) in [5, 5.41) is 3.32. The van der Waals surface area contributed by atoms with Gasteiger partial charge in [0.05, 0.1) is 23.9 Å². The van der Waals surface area contributed by atoms with Crippen molar-refractivity contribution in [1.82, 2.24) is 0 Å². The lowest BCUT2D eigenvalue weighted by atomic mass is 10.3. The molecule has 0 bridgehead atoms. The maximum Gasteiger partial charge on any atom is 0.306 e. The average molecular weight is 426 g/mol. The molecule has 0 saturated heterocycles. The van der Waals surface area contributed by atoms with E-state index in [1.165, 1.54) is 6.07 Å². The number of para-hydroxylation sites is 2. The molecule has 0 saturated carbocycles. The van der Waals surface area contributed by atoms with Crippen LogP contribution in [0.4, 0.5) is 5.69 Å². The number of anilines is 1. The first-order chi connectivity index (χ1) is 13.5. The van der Waals surface area contributed by atoms with Crippen molar-refractivity contribution in [3.63, 3.8) is 0 Å². The minimum atomic E-state index is -0.501. The minimum Gasteiger partial charge on any atom is -0.490 e. The van der Waals surface area contributed by atoms with Crippen molar-refractivity contribution in [3.8, 4) is 11.5 Å². The Kier molecular flexibility index (Phi) is 8.91. The maximum atomic E-state index is 11.9. The summed E-state index contributed by atoms with van der Waals surface area (Å²) in [4.78, 5) is 23.6. The van der Waals surface area contributed by atoms with Gasteiger partial charge in [0.2, 0.25) is 0 Å². The van der Waals surface area contributed by atoms with Crippen LogP contribution in [-0.2, 0) is 14.3 Å². The van der Waals surface area contributed by atoms with E-state index in [-0.39, 0.29) is 6.42 Å². The fourth-order valence-corrected chi connectivity index (χ4v) is 2.58. The third kappa shape index (κ3) is 7.29. The molecule has 0 aliphatic heterocycles. The van der Waals surface area contributed by atoms with Gasteiger partial charge in [-0.1, -0.05) is 35.3 Å². The van der Waals surface area contributed by atoms with Crippen LogP contribution >= 0.6 is 23.2 Å². The first-order valence-corrected chi connectivity index (χ1v) is 9.50. The van der Waals surface area contributed by atoms with Gasteiger partial charge in [-0.25, -0.2) is 0 Å². The monoisotopic (exact) mass is 425 g/mol. The number of nitrogens with one attached hydrogen (secondary N) is 1. The van der Waals surface area contributed by atoms with Gasteiger partial charge >= 0.3 is 5.97 Å². The number of hydrogen-bond acceptors (Lipinski definition) is 5. The smallest absolute Gasteiger partial charge is 0.306 e. The van der Waals surface area contributed by atoms with Gasteiger partial charge in [0.15, 0.2) is 18.1 Å². The number of ether oxygens (including phenoxy) is 3. The molecule has 0 unspecified atom stereocenters. The fraction of sp³-hybridized carbons (Fsp3) is 0.300. The number of amides is 1. The van der Waals surface area contributed by atoms with E-state index in [9.17, 15) is 9.59 Å². The summed E-state index contributed by atoms with van der Waals surface area (Å²) in [5.41, 5.74) is 0.358. The average Bonchev–Trinajstić information content (AvgIpc) is 2.68.